The highest BCUT2D eigenvalue weighted by atomic mass is 32.2. The molecular formula is C18H14F3N3OS2. The van der Waals surface area contributed by atoms with Crippen LogP contribution in [-0.4, -0.2) is 16.1 Å². The number of carbonyl (C=O) groups excluding carboxylic acids is 1. The Labute approximate surface area is 161 Å². The molecule has 3 rings (SSSR count). The number of nitrogens with one attached hydrogen (secondary N) is 1. The second kappa shape index (κ2) is 8.10. The Morgan fingerprint density at radius 3 is 2.37 bits per heavy atom. The average molecular weight is 409 g/mol. The Morgan fingerprint density at radius 1 is 1.07 bits per heavy atom. The van der Waals surface area contributed by atoms with E-state index >= 15 is 0 Å². The molecule has 0 aliphatic heterocycles. The van der Waals surface area contributed by atoms with Crippen LogP contribution in [0.5, 0.6) is 0 Å². The molecule has 140 valence electrons. The average Bonchev–Trinajstić information content (AvgIpc) is 3.08. The fraction of sp³-hybridized carbons (Fsp3) is 0.167. The maximum atomic E-state index is 12.6. The van der Waals surface area contributed by atoms with Gasteiger partial charge in [0.2, 0.25) is 5.13 Å². The molecule has 0 aliphatic carbocycles. The molecule has 1 N–H and O–H groups in total. The van der Waals surface area contributed by atoms with Gasteiger partial charge in [0.25, 0.3) is 5.91 Å². The summed E-state index contributed by atoms with van der Waals surface area (Å²) < 4.78 is 38.4. The van der Waals surface area contributed by atoms with E-state index in [1.165, 1.54) is 28.7 Å². The smallest absolute Gasteiger partial charge is 0.296 e. The highest BCUT2D eigenvalue weighted by Gasteiger charge is 2.30. The van der Waals surface area contributed by atoms with Crippen molar-refractivity contribution < 1.29 is 18.0 Å². The van der Waals surface area contributed by atoms with Crippen LogP contribution >= 0.6 is 23.1 Å². The van der Waals surface area contributed by atoms with Gasteiger partial charge in [0.05, 0.1) is 5.56 Å². The van der Waals surface area contributed by atoms with E-state index in [2.05, 4.69) is 15.5 Å². The van der Waals surface area contributed by atoms with Gasteiger partial charge in [-0.05, 0) is 36.8 Å². The van der Waals surface area contributed by atoms with Crippen LogP contribution < -0.4 is 5.32 Å². The number of hydrogen-bond acceptors (Lipinski definition) is 5. The largest absolute Gasteiger partial charge is 0.416 e. The molecule has 0 saturated heterocycles. The van der Waals surface area contributed by atoms with Crippen LogP contribution in [0.3, 0.4) is 0 Å². The minimum atomic E-state index is -4.43. The number of benzene rings is 2. The number of rotatable bonds is 5. The van der Waals surface area contributed by atoms with E-state index in [9.17, 15) is 18.0 Å². The molecule has 0 unspecified atom stereocenters. The summed E-state index contributed by atoms with van der Waals surface area (Å²) in [7, 11) is 0. The first kappa shape index (κ1) is 19.4. The summed E-state index contributed by atoms with van der Waals surface area (Å²) in [6.07, 6.45) is -4.43. The van der Waals surface area contributed by atoms with Crippen LogP contribution in [0.1, 0.15) is 27.0 Å². The van der Waals surface area contributed by atoms with Gasteiger partial charge in [-0.2, -0.15) is 13.2 Å². The number of carbonyl (C=O) groups is 1. The normalized spacial score (nSPS) is 11.4. The van der Waals surface area contributed by atoms with Gasteiger partial charge >= 0.3 is 6.18 Å². The zero-order valence-corrected chi connectivity index (χ0v) is 15.7. The summed E-state index contributed by atoms with van der Waals surface area (Å²) in [5.74, 6) is 0.192. The van der Waals surface area contributed by atoms with Crippen LogP contribution in [0, 0.1) is 6.92 Å². The third-order valence-electron chi connectivity index (χ3n) is 3.58. The van der Waals surface area contributed by atoms with Gasteiger partial charge in [0, 0.05) is 11.3 Å². The van der Waals surface area contributed by atoms with Crippen molar-refractivity contribution >= 4 is 34.1 Å². The molecular weight excluding hydrogens is 395 g/mol. The van der Waals surface area contributed by atoms with Crippen molar-refractivity contribution in [3.63, 3.8) is 0 Å². The maximum Gasteiger partial charge on any atom is 0.416 e. The fourth-order valence-electron chi connectivity index (χ4n) is 2.13. The van der Waals surface area contributed by atoms with Gasteiger partial charge in [-0.15, -0.1) is 10.2 Å². The molecule has 9 heteroatoms. The molecule has 2 aromatic carbocycles. The van der Waals surface area contributed by atoms with E-state index < -0.39 is 17.6 Å². The van der Waals surface area contributed by atoms with Crippen molar-refractivity contribution in [2.24, 2.45) is 0 Å². The lowest BCUT2D eigenvalue weighted by molar-refractivity contribution is -0.137. The Kier molecular flexibility index (Phi) is 5.81. The summed E-state index contributed by atoms with van der Waals surface area (Å²) in [4.78, 5) is 12.1. The van der Waals surface area contributed by atoms with Gasteiger partial charge in [0.15, 0.2) is 4.34 Å². The zero-order valence-electron chi connectivity index (χ0n) is 14.1. The molecule has 1 amide bonds. The molecule has 27 heavy (non-hydrogen) atoms. The van der Waals surface area contributed by atoms with Gasteiger partial charge in [0.1, 0.15) is 0 Å². The first-order valence-electron chi connectivity index (χ1n) is 7.82. The topological polar surface area (TPSA) is 54.9 Å². The summed E-state index contributed by atoms with van der Waals surface area (Å²) in [5, 5.41) is 10.8. The van der Waals surface area contributed by atoms with Crippen LogP contribution in [0.15, 0.2) is 52.9 Å². The lowest BCUT2D eigenvalue weighted by Crippen LogP contribution is -2.12. The minimum absolute atomic E-state index is 0.118. The van der Waals surface area contributed by atoms with E-state index in [0.717, 1.165) is 35.6 Å². The molecule has 0 aliphatic rings. The number of amides is 1. The summed E-state index contributed by atoms with van der Waals surface area (Å²) >= 11 is 2.71. The number of anilines is 1. The molecule has 4 nitrogen and oxygen atoms in total. The Hall–Kier alpha value is -2.39. The standard InChI is InChI=1S/C18H14F3N3OS2/c1-11-2-4-12(5-3-11)10-26-17-24-23-16(27-17)22-15(25)13-6-8-14(9-7-13)18(19,20)21/h2-9H,10H2,1H3,(H,22,23,25). The highest BCUT2D eigenvalue weighted by Crippen LogP contribution is 2.30. The van der Waals surface area contributed by atoms with Crippen molar-refractivity contribution in [2.75, 3.05) is 5.32 Å². The Bertz CT molecular complexity index is 922. The molecule has 0 radical (unpaired) electrons. The first-order chi connectivity index (χ1) is 12.8. The number of alkyl halides is 3. The number of thioether (sulfide) groups is 1. The molecule has 0 fully saturated rings. The Balaban J connectivity index is 1.58. The van der Waals surface area contributed by atoms with Crippen LogP contribution in [0.4, 0.5) is 18.3 Å². The molecule has 3 aromatic rings. The molecule has 0 atom stereocenters. The van der Waals surface area contributed by atoms with Crippen LogP contribution in [-0.2, 0) is 11.9 Å². The zero-order chi connectivity index (χ0) is 19.4. The van der Waals surface area contributed by atoms with E-state index in [0.29, 0.717) is 9.47 Å². The van der Waals surface area contributed by atoms with Gasteiger partial charge in [-0.25, -0.2) is 0 Å². The SMILES string of the molecule is Cc1ccc(CSc2nnc(NC(=O)c3ccc(C(F)(F)F)cc3)s2)cc1. The molecule has 0 bridgehead atoms. The molecule has 0 saturated carbocycles. The number of hydrogen-bond donors (Lipinski definition) is 1. The van der Waals surface area contributed by atoms with Crippen molar-refractivity contribution in [3.8, 4) is 0 Å². The Morgan fingerprint density at radius 2 is 1.74 bits per heavy atom. The molecule has 1 aromatic heterocycles. The number of nitrogens with zero attached hydrogens (tertiary/aromatic N) is 2. The highest BCUT2D eigenvalue weighted by molar-refractivity contribution is 8.00. The van der Waals surface area contributed by atoms with Crippen molar-refractivity contribution in [1.82, 2.24) is 10.2 Å². The van der Waals surface area contributed by atoms with E-state index in [1.54, 1.807) is 0 Å². The van der Waals surface area contributed by atoms with Crippen molar-refractivity contribution in [1.29, 1.82) is 0 Å². The lowest BCUT2D eigenvalue weighted by atomic mass is 10.1. The quantitative estimate of drug-likeness (QED) is 0.452. The summed E-state index contributed by atoms with van der Waals surface area (Å²) in [6.45, 7) is 2.02. The summed E-state index contributed by atoms with van der Waals surface area (Å²) in [6, 6.07) is 12.2. The van der Waals surface area contributed by atoms with Gasteiger partial charge in [-0.3, -0.25) is 10.1 Å². The second-order valence-electron chi connectivity index (χ2n) is 5.68. The van der Waals surface area contributed by atoms with E-state index in [1.807, 2.05) is 31.2 Å². The molecule has 0 spiro atoms. The number of aromatic nitrogens is 2. The first-order valence-corrected chi connectivity index (χ1v) is 9.62. The predicted molar refractivity (Wildman–Crippen MR) is 100 cm³/mol. The van der Waals surface area contributed by atoms with Crippen LogP contribution in [0.2, 0.25) is 0 Å². The lowest BCUT2D eigenvalue weighted by Gasteiger charge is -2.07. The maximum absolute atomic E-state index is 12.6. The van der Waals surface area contributed by atoms with E-state index in [-0.39, 0.29) is 5.56 Å². The molecule has 1 heterocycles. The van der Waals surface area contributed by atoms with Crippen molar-refractivity contribution in [2.45, 2.75) is 23.2 Å². The second-order valence-corrected chi connectivity index (χ2v) is 7.88. The third kappa shape index (κ3) is 5.30. The predicted octanol–water partition coefficient (Wildman–Crippen LogP) is 5.41. The minimum Gasteiger partial charge on any atom is -0.296 e. The van der Waals surface area contributed by atoms with Gasteiger partial charge in [-0.1, -0.05) is 52.9 Å². The third-order valence-corrected chi connectivity index (χ3v) is 5.63. The number of aryl methyl sites for hydroxylation is 1. The number of halogens is 3. The van der Waals surface area contributed by atoms with Gasteiger partial charge < -0.3 is 0 Å². The monoisotopic (exact) mass is 409 g/mol. The van der Waals surface area contributed by atoms with Crippen molar-refractivity contribution in [3.05, 3.63) is 70.8 Å². The summed E-state index contributed by atoms with van der Waals surface area (Å²) in [5.41, 5.74) is 1.65. The fourth-order valence-corrected chi connectivity index (χ4v) is 3.83. The van der Waals surface area contributed by atoms with E-state index in [4.69, 9.17) is 0 Å². The van der Waals surface area contributed by atoms with Crippen LogP contribution in [0.25, 0.3) is 0 Å².